The molecule has 1 N–H and O–H groups in total. The maximum absolute atomic E-state index is 13.2. The second-order valence-electron chi connectivity index (χ2n) is 6.85. The van der Waals surface area contributed by atoms with Gasteiger partial charge in [-0.1, -0.05) is 48.5 Å². The molecule has 0 radical (unpaired) electrons. The van der Waals surface area contributed by atoms with Crippen LogP contribution in [0.1, 0.15) is 0 Å². The van der Waals surface area contributed by atoms with Crippen LogP contribution in [0.4, 0.5) is 11.6 Å². The zero-order valence-electron chi connectivity index (χ0n) is 16.1. The van der Waals surface area contributed by atoms with E-state index in [0.717, 1.165) is 10.9 Å². The Labute approximate surface area is 171 Å². The standard InChI is InChI=1S/C23H17N5O2/c1-27-19-14-8-6-12-17(19)20(22(27)30)25-26-23-24-18-13-7-5-11-16(18)21(29)28(23)15-9-3-2-4-10-15/h2-14,30H,1H3. The van der Waals surface area contributed by atoms with E-state index in [1.807, 2.05) is 60.7 Å². The summed E-state index contributed by atoms with van der Waals surface area (Å²) in [6.45, 7) is 0. The molecular formula is C23H17N5O2. The lowest BCUT2D eigenvalue weighted by Gasteiger charge is -2.09. The number of rotatable bonds is 3. The van der Waals surface area contributed by atoms with E-state index in [4.69, 9.17) is 0 Å². The van der Waals surface area contributed by atoms with Crippen molar-refractivity contribution in [3.05, 3.63) is 89.2 Å². The SMILES string of the molecule is Cn1c(O)c(N=Nc2nc3ccccc3c(=O)n2-c2ccccc2)c2ccccc21. The lowest BCUT2D eigenvalue weighted by molar-refractivity contribution is 0.436. The van der Waals surface area contributed by atoms with Crippen LogP contribution in [0.15, 0.2) is 93.9 Å². The fraction of sp³-hybridized carbons (Fsp3) is 0.0435. The number of azo groups is 1. The van der Waals surface area contributed by atoms with Gasteiger partial charge in [0, 0.05) is 12.4 Å². The minimum Gasteiger partial charge on any atom is -0.493 e. The fourth-order valence-corrected chi connectivity index (χ4v) is 3.55. The molecule has 0 saturated heterocycles. The average molecular weight is 395 g/mol. The summed E-state index contributed by atoms with van der Waals surface area (Å²) in [4.78, 5) is 17.8. The number of hydrogen-bond acceptors (Lipinski definition) is 5. The molecule has 0 aliphatic heterocycles. The Bertz CT molecular complexity index is 1480. The van der Waals surface area contributed by atoms with Crippen molar-refractivity contribution in [2.24, 2.45) is 17.3 Å². The first-order valence-corrected chi connectivity index (χ1v) is 9.40. The molecule has 0 atom stereocenters. The van der Waals surface area contributed by atoms with Gasteiger partial charge in [0.15, 0.2) is 5.69 Å². The molecule has 0 amide bonds. The summed E-state index contributed by atoms with van der Waals surface area (Å²) < 4.78 is 3.07. The van der Waals surface area contributed by atoms with E-state index in [1.165, 1.54) is 4.57 Å². The van der Waals surface area contributed by atoms with E-state index < -0.39 is 0 Å². The molecular weight excluding hydrogens is 378 g/mol. The monoisotopic (exact) mass is 395 g/mol. The molecule has 146 valence electrons. The van der Waals surface area contributed by atoms with Gasteiger partial charge in [-0.3, -0.25) is 4.79 Å². The normalized spacial score (nSPS) is 11.6. The Kier molecular flexibility index (Phi) is 4.14. The predicted molar refractivity (Wildman–Crippen MR) is 116 cm³/mol. The van der Waals surface area contributed by atoms with Gasteiger partial charge >= 0.3 is 0 Å². The van der Waals surface area contributed by atoms with Crippen LogP contribution in [0.25, 0.3) is 27.5 Å². The lowest BCUT2D eigenvalue weighted by atomic mass is 10.2. The molecule has 7 nitrogen and oxygen atoms in total. The zero-order chi connectivity index (χ0) is 20.7. The minimum absolute atomic E-state index is 0.00523. The van der Waals surface area contributed by atoms with Crippen LogP contribution in [-0.2, 0) is 7.05 Å². The van der Waals surface area contributed by atoms with Crippen molar-refractivity contribution >= 4 is 33.4 Å². The van der Waals surface area contributed by atoms with E-state index in [9.17, 15) is 9.90 Å². The van der Waals surface area contributed by atoms with E-state index in [2.05, 4.69) is 15.2 Å². The molecule has 0 spiro atoms. The summed E-state index contributed by atoms with van der Waals surface area (Å²) in [6, 6.07) is 23.8. The van der Waals surface area contributed by atoms with Crippen molar-refractivity contribution in [3.8, 4) is 11.6 Å². The highest BCUT2D eigenvalue weighted by atomic mass is 16.3. The highest BCUT2D eigenvalue weighted by Crippen LogP contribution is 2.38. The van der Waals surface area contributed by atoms with Crippen LogP contribution < -0.4 is 5.56 Å². The molecule has 2 aromatic heterocycles. The van der Waals surface area contributed by atoms with Crippen molar-refractivity contribution in [1.29, 1.82) is 0 Å². The van der Waals surface area contributed by atoms with Gasteiger partial charge in [-0.15, -0.1) is 10.2 Å². The molecule has 30 heavy (non-hydrogen) atoms. The number of para-hydroxylation sites is 3. The molecule has 0 aliphatic carbocycles. The van der Waals surface area contributed by atoms with Crippen LogP contribution in [0, 0.1) is 0 Å². The summed E-state index contributed by atoms with van der Waals surface area (Å²) >= 11 is 0. The Balaban J connectivity index is 1.76. The van der Waals surface area contributed by atoms with E-state index >= 15 is 0 Å². The molecule has 5 aromatic rings. The molecule has 2 heterocycles. The number of benzene rings is 3. The number of hydrogen-bond donors (Lipinski definition) is 1. The third-order valence-corrected chi connectivity index (χ3v) is 5.06. The van der Waals surface area contributed by atoms with E-state index in [-0.39, 0.29) is 17.4 Å². The Morgan fingerprint density at radius 2 is 1.50 bits per heavy atom. The van der Waals surface area contributed by atoms with Gasteiger partial charge in [-0.25, -0.2) is 9.55 Å². The summed E-state index contributed by atoms with van der Waals surface area (Å²) in [5.74, 6) is 0.131. The fourth-order valence-electron chi connectivity index (χ4n) is 3.55. The number of aryl methyl sites for hydroxylation is 1. The summed E-state index contributed by atoms with van der Waals surface area (Å²) in [5.41, 5.74) is 2.09. The molecule has 0 saturated carbocycles. The lowest BCUT2D eigenvalue weighted by Crippen LogP contribution is -2.19. The first-order chi connectivity index (χ1) is 14.6. The third-order valence-electron chi connectivity index (χ3n) is 5.06. The molecule has 0 fully saturated rings. The maximum Gasteiger partial charge on any atom is 0.267 e. The highest BCUT2D eigenvalue weighted by molar-refractivity contribution is 5.94. The van der Waals surface area contributed by atoms with Gasteiger partial charge in [0.25, 0.3) is 11.5 Å². The molecule has 7 heteroatoms. The average Bonchev–Trinajstić information content (AvgIpc) is 3.03. The van der Waals surface area contributed by atoms with Crippen LogP contribution in [0.3, 0.4) is 0 Å². The molecule has 0 unspecified atom stereocenters. The Hall–Kier alpha value is -4.26. The van der Waals surface area contributed by atoms with Crippen LogP contribution in [0.2, 0.25) is 0 Å². The maximum atomic E-state index is 13.2. The van der Waals surface area contributed by atoms with Crippen molar-refractivity contribution in [3.63, 3.8) is 0 Å². The van der Waals surface area contributed by atoms with Crippen molar-refractivity contribution in [1.82, 2.24) is 14.1 Å². The minimum atomic E-state index is -0.233. The summed E-state index contributed by atoms with van der Waals surface area (Å²) in [6.07, 6.45) is 0. The molecule has 0 bridgehead atoms. The number of fused-ring (bicyclic) bond motifs is 2. The van der Waals surface area contributed by atoms with Gasteiger partial charge in [-0.05, 0) is 30.3 Å². The number of aromatic hydroxyl groups is 1. The third kappa shape index (κ3) is 2.76. The number of nitrogens with zero attached hydrogens (tertiary/aromatic N) is 5. The second-order valence-corrected chi connectivity index (χ2v) is 6.85. The van der Waals surface area contributed by atoms with E-state index in [0.29, 0.717) is 22.3 Å². The quantitative estimate of drug-likeness (QED) is 0.436. The topological polar surface area (TPSA) is 84.8 Å². The van der Waals surface area contributed by atoms with Crippen molar-refractivity contribution in [2.75, 3.05) is 0 Å². The van der Waals surface area contributed by atoms with Gasteiger partial charge < -0.3 is 9.67 Å². The molecule has 3 aromatic carbocycles. The van der Waals surface area contributed by atoms with Crippen LogP contribution >= 0.6 is 0 Å². The number of aromatic nitrogens is 3. The van der Waals surface area contributed by atoms with Crippen LogP contribution in [0.5, 0.6) is 5.88 Å². The predicted octanol–water partition coefficient (Wildman–Crippen LogP) is 5.00. The van der Waals surface area contributed by atoms with Crippen LogP contribution in [-0.4, -0.2) is 19.2 Å². The second kappa shape index (κ2) is 6.97. The van der Waals surface area contributed by atoms with E-state index in [1.54, 1.807) is 29.8 Å². The summed E-state index contributed by atoms with van der Waals surface area (Å²) in [5, 5.41) is 20.4. The largest absolute Gasteiger partial charge is 0.493 e. The Morgan fingerprint density at radius 1 is 0.833 bits per heavy atom. The van der Waals surface area contributed by atoms with Crippen molar-refractivity contribution < 1.29 is 5.11 Å². The first-order valence-electron chi connectivity index (χ1n) is 9.40. The van der Waals surface area contributed by atoms with Gasteiger partial charge in [0.2, 0.25) is 5.88 Å². The van der Waals surface area contributed by atoms with Gasteiger partial charge in [0.1, 0.15) is 0 Å². The smallest absolute Gasteiger partial charge is 0.267 e. The highest BCUT2D eigenvalue weighted by Gasteiger charge is 2.16. The first kappa shape index (κ1) is 17.8. The Morgan fingerprint density at radius 3 is 2.30 bits per heavy atom. The van der Waals surface area contributed by atoms with Gasteiger partial charge in [0.05, 0.1) is 22.1 Å². The van der Waals surface area contributed by atoms with Crippen molar-refractivity contribution in [2.45, 2.75) is 0 Å². The molecule has 0 aliphatic rings. The molecule has 5 rings (SSSR count). The zero-order valence-corrected chi connectivity index (χ0v) is 16.1. The summed E-state index contributed by atoms with van der Waals surface area (Å²) in [7, 11) is 1.75. The van der Waals surface area contributed by atoms with Gasteiger partial charge in [-0.2, -0.15) is 0 Å².